The van der Waals surface area contributed by atoms with Gasteiger partial charge in [0.05, 0.1) is 26.2 Å². The van der Waals surface area contributed by atoms with Crippen LogP contribution in [0.4, 0.5) is 0 Å². The number of nitrogens with zero attached hydrogens (tertiary/aromatic N) is 1. The van der Waals surface area contributed by atoms with Crippen molar-refractivity contribution in [3.05, 3.63) is 0 Å². The van der Waals surface area contributed by atoms with Crippen LogP contribution in [-0.4, -0.2) is 62.8 Å². The summed E-state index contributed by atoms with van der Waals surface area (Å²) in [5.41, 5.74) is 0. The number of hydrogen-bond acceptors (Lipinski definition) is 5. The lowest BCUT2D eigenvalue weighted by molar-refractivity contribution is -0.145. The van der Waals surface area contributed by atoms with Gasteiger partial charge in [0.15, 0.2) is 0 Å². The molecule has 1 rings (SSSR count). The molecule has 6 heteroatoms. The van der Waals surface area contributed by atoms with Crippen molar-refractivity contribution in [3.8, 4) is 0 Å². The molecule has 0 bridgehead atoms. The number of hydrogen-bond donors (Lipinski definition) is 1. The van der Waals surface area contributed by atoms with Crippen LogP contribution in [0.5, 0.6) is 0 Å². The summed E-state index contributed by atoms with van der Waals surface area (Å²) in [6.45, 7) is 4.33. The molecule has 1 aliphatic heterocycles. The zero-order valence-electron chi connectivity index (χ0n) is 10.4. The highest BCUT2D eigenvalue weighted by Crippen LogP contribution is 2.08. The molecule has 1 saturated heterocycles. The summed E-state index contributed by atoms with van der Waals surface area (Å²) in [6, 6.07) is -0.303. The Balaban J connectivity index is 2.42. The minimum Gasteiger partial charge on any atom is -0.466 e. The quantitative estimate of drug-likeness (QED) is 0.653. The molecule has 1 atom stereocenters. The van der Waals surface area contributed by atoms with Crippen LogP contribution in [0.15, 0.2) is 0 Å². The Bertz CT molecular complexity index is 270. The second-order valence-electron chi connectivity index (χ2n) is 3.80. The van der Waals surface area contributed by atoms with Crippen molar-refractivity contribution < 1.29 is 19.1 Å². The smallest absolute Gasteiger partial charge is 0.307 e. The van der Waals surface area contributed by atoms with Crippen molar-refractivity contribution in [1.29, 1.82) is 0 Å². The average Bonchev–Trinajstić information content (AvgIpc) is 2.36. The Hall–Kier alpha value is -1.14. The van der Waals surface area contributed by atoms with E-state index in [2.05, 4.69) is 5.32 Å². The van der Waals surface area contributed by atoms with Crippen molar-refractivity contribution in [2.45, 2.75) is 19.4 Å². The van der Waals surface area contributed by atoms with E-state index in [0.717, 1.165) is 0 Å². The third kappa shape index (κ3) is 4.32. The summed E-state index contributed by atoms with van der Waals surface area (Å²) in [7, 11) is 1.60. The number of morpholine rings is 1. The van der Waals surface area contributed by atoms with Crippen LogP contribution >= 0.6 is 0 Å². The fourth-order valence-electron chi connectivity index (χ4n) is 1.78. The number of carbonyl (C=O) groups is 2. The first-order valence-electron chi connectivity index (χ1n) is 5.88. The number of nitrogens with one attached hydrogen (secondary N) is 1. The third-order valence-corrected chi connectivity index (χ3v) is 2.70. The fraction of sp³-hybridized carbons (Fsp3) is 0.818. The highest BCUT2D eigenvalue weighted by Gasteiger charge is 2.28. The lowest BCUT2D eigenvalue weighted by Crippen LogP contribution is -2.53. The van der Waals surface area contributed by atoms with Crippen LogP contribution in [0.1, 0.15) is 13.3 Å². The summed E-state index contributed by atoms with van der Waals surface area (Å²) in [6.07, 6.45) is 0.307. The lowest BCUT2D eigenvalue weighted by Gasteiger charge is -2.33. The Morgan fingerprint density at radius 1 is 1.53 bits per heavy atom. The van der Waals surface area contributed by atoms with E-state index in [1.807, 2.05) is 4.90 Å². The number of rotatable bonds is 5. The molecule has 1 heterocycles. The monoisotopic (exact) mass is 244 g/mol. The highest BCUT2D eigenvalue weighted by atomic mass is 16.5. The zero-order valence-corrected chi connectivity index (χ0v) is 10.4. The maximum atomic E-state index is 11.6. The van der Waals surface area contributed by atoms with Crippen LogP contribution in [0.25, 0.3) is 0 Å². The van der Waals surface area contributed by atoms with E-state index in [0.29, 0.717) is 39.3 Å². The van der Waals surface area contributed by atoms with Gasteiger partial charge in [-0.3, -0.25) is 14.5 Å². The fourth-order valence-corrected chi connectivity index (χ4v) is 1.78. The van der Waals surface area contributed by atoms with Gasteiger partial charge < -0.3 is 14.8 Å². The van der Waals surface area contributed by atoms with Gasteiger partial charge in [0.25, 0.3) is 0 Å². The van der Waals surface area contributed by atoms with Gasteiger partial charge in [0.2, 0.25) is 5.91 Å². The second kappa shape index (κ2) is 7.24. The number of esters is 1. The molecule has 1 unspecified atom stereocenters. The highest BCUT2D eigenvalue weighted by molar-refractivity contribution is 5.81. The minimum absolute atomic E-state index is 0.0754. The molecule has 98 valence electrons. The Morgan fingerprint density at radius 3 is 2.94 bits per heavy atom. The standard InChI is InChI=1S/C11H20N2O4/c1-3-17-10(14)4-5-13-6-7-16-8-9(13)11(15)12-2/h9H,3-8H2,1-2H3,(H,12,15). The molecule has 1 fully saturated rings. The minimum atomic E-state index is -0.303. The molecule has 17 heavy (non-hydrogen) atoms. The van der Waals surface area contributed by atoms with Crippen molar-refractivity contribution >= 4 is 11.9 Å². The predicted octanol–water partition coefficient (Wildman–Crippen LogP) is -0.614. The van der Waals surface area contributed by atoms with Gasteiger partial charge in [-0.1, -0.05) is 0 Å². The zero-order chi connectivity index (χ0) is 12.7. The van der Waals surface area contributed by atoms with Gasteiger partial charge >= 0.3 is 5.97 Å². The molecule has 1 N–H and O–H groups in total. The van der Waals surface area contributed by atoms with Crippen LogP contribution in [-0.2, 0) is 19.1 Å². The molecule has 1 amide bonds. The van der Waals surface area contributed by atoms with E-state index in [-0.39, 0.29) is 17.9 Å². The molecule has 0 spiro atoms. The predicted molar refractivity (Wildman–Crippen MR) is 61.5 cm³/mol. The van der Waals surface area contributed by atoms with E-state index in [9.17, 15) is 9.59 Å². The number of amides is 1. The van der Waals surface area contributed by atoms with Crippen molar-refractivity contribution in [2.75, 3.05) is 40.0 Å². The summed E-state index contributed by atoms with van der Waals surface area (Å²) in [5, 5.41) is 2.60. The maximum Gasteiger partial charge on any atom is 0.307 e. The average molecular weight is 244 g/mol. The first-order chi connectivity index (χ1) is 8.19. The first-order valence-corrected chi connectivity index (χ1v) is 5.88. The SMILES string of the molecule is CCOC(=O)CCN1CCOCC1C(=O)NC. The van der Waals surface area contributed by atoms with E-state index >= 15 is 0 Å². The van der Waals surface area contributed by atoms with Gasteiger partial charge in [0.1, 0.15) is 6.04 Å². The second-order valence-corrected chi connectivity index (χ2v) is 3.80. The molecular weight excluding hydrogens is 224 g/mol. The Labute approximate surface area is 101 Å². The lowest BCUT2D eigenvalue weighted by atomic mass is 10.2. The van der Waals surface area contributed by atoms with Crippen LogP contribution in [0, 0.1) is 0 Å². The van der Waals surface area contributed by atoms with Crippen LogP contribution in [0.2, 0.25) is 0 Å². The Kier molecular flexibility index (Phi) is 5.93. The van der Waals surface area contributed by atoms with Gasteiger partial charge in [-0.15, -0.1) is 0 Å². The van der Waals surface area contributed by atoms with Crippen molar-refractivity contribution in [3.63, 3.8) is 0 Å². The number of ether oxygens (including phenoxy) is 2. The number of likely N-dealkylation sites (N-methyl/N-ethyl adjacent to an activating group) is 1. The number of carbonyl (C=O) groups excluding carboxylic acids is 2. The van der Waals surface area contributed by atoms with Gasteiger partial charge in [-0.25, -0.2) is 0 Å². The molecule has 0 aliphatic carbocycles. The van der Waals surface area contributed by atoms with E-state index in [1.165, 1.54) is 0 Å². The van der Waals surface area contributed by atoms with Crippen LogP contribution in [0.3, 0.4) is 0 Å². The molecule has 0 aromatic heterocycles. The van der Waals surface area contributed by atoms with Gasteiger partial charge in [-0.05, 0) is 6.92 Å². The third-order valence-electron chi connectivity index (χ3n) is 2.70. The van der Waals surface area contributed by atoms with E-state index in [1.54, 1.807) is 14.0 Å². The largest absolute Gasteiger partial charge is 0.466 e. The van der Waals surface area contributed by atoms with Crippen molar-refractivity contribution in [2.24, 2.45) is 0 Å². The normalized spacial score (nSPS) is 20.9. The maximum absolute atomic E-state index is 11.6. The topological polar surface area (TPSA) is 67.9 Å². The molecule has 1 aliphatic rings. The molecule has 6 nitrogen and oxygen atoms in total. The molecule has 0 saturated carbocycles. The molecule has 0 radical (unpaired) electrons. The molecule has 0 aromatic carbocycles. The van der Waals surface area contributed by atoms with Gasteiger partial charge in [0, 0.05) is 20.1 Å². The molecular formula is C11H20N2O4. The van der Waals surface area contributed by atoms with E-state index in [4.69, 9.17) is 9.47 Å². The summed E-state index contributed by atoms with van der Waals surface area (Å²) in [5.74, 6) is -0.303. The van der Waals surface area contributed by atoms with E-state index < -0.39 is 0 Å². The Morgan fingerprint density at radius 2 is 2.29 bits per heavy atom. The first kappa shape index (κ1) is 13.9. The van der Waals surface area contributed by atoms with Gasteiger partial charge in [-0.2, -0.15) is 0 Å². The summed E-state index contributed by atoms with van der Waals surface area (Å²) in [4.78, 5) is 24.8. The molecule has 0 aromatic rings. The van der Waals surface area contributed by atoms with Crippen LogP contribution < -0.4 is 5.32 Å². The van der Waals surface area contributed by atoms with Crippen molar-refractivity contribution in [1.82, 2.24) is 10.2 Å². The summed E-state index contributed by atoms with van der Waals surface area (Å²) >= 11 is 0. The summed E-state index contributed by atoms with van der Waals surface area (Å²) < 4.78 is 10.1.